The van der Waals surface area contributed by atoms with Gasteiger partial charge in [0, 0.05) is 30.0 Å². The number of hydrogen-bond donors (Lipinski definition) is 1. The first-order valence-corrected chi connectivity index (χ1v) is 11.9. The number of rotatable bonds is 6. The van der Waals surface area contributed by atoms with Crippen LogP contribution in [0.25, 0.3) is 0 Å². The second-order valence-electron chi connectivity index (χ2n) is 10.6. The lowest BCUT2D eigenvalue weighted by molar-refractivity contribution is -0.0160. The molecular weight excluding hydrogens is 370 g/mol. The van der Waals surface area contributed by atoms with Crippen LogP contribution in [0.2, 0.25) is 0 Å². The minimum Gasteiger partial charge on any atom is -0.345 e. The molecule has 5 saturated carbocycles. The number of amides is 2. The molecule has 4 bridgehead atoms. The second kappa shape index (κ2) is 7.18. The molecule has 4 heteroatoms. The summed E-state index contributed by atoms with van der Waals surface area (Å²) in [5.41, 5.74) is 2.61. The number of nitrogens with zero attached hydrogens (tertiary/aromatic N) is 2. The molecule has 158 valence electrons. The maximum Gasteiger partial charge on any atom is 0.318 e. The number of hydrogen-bond acceptors (Lipinski definition) is 1. The maximum absolute atomic E-state index is 13.5. The van der Waals surface area contributed by atoms with E-state index in [2.05, 4.69) is 63.4 Å². The van der Waals surface area contributed by atoms with Crippen LogP contribution in [-0.4, -0.2) is 27.1 Å². The van der Waals surface area contributed by atoms with Gasteiger partial charge < -0.3 is 14.8 Å². The molecule has 0 unspecified atom stereocenters. The summed E-state index contributed by atoms with van der Waals surface area (Å²) in [6.45, 7) is 1.57. The third-order valence-electron chi connectivity index (χ3n) is 8.11. The fourth-order valence-corrected chi connectivity index (χ4v) is 7.02. The number of carbonyl (C=O) groups excluding carboxylic acids is 1. The first-order chi connectivity index (χ1) is 14.7. The molecule has 2 amide bonds. The van der Waals surface area contributed by atoms with E-state index in [1.54, 1.807) is 0 Å². The van der Waals surface area contributed by atoms with E-state index in [-0.39, 0.29) is 11.6 Å². The molecule has 5 aliphatic carbocycles. The lowest BCUT2D eigenvalue weighted by Gasteiger charge is -2.57. The Bertz CT molecular complexity index is 878. The van der Waals surface area contributed by atoms with Crippen molar-refractivity contribution in [1.29, 1.82) is 0 Å². The van der Waals surface area contributed by atoms with E-state index in [1.165, 1.54) is 49.8 Å². The number of benzene rings is 1. The Balaban J connectivity index is 1.17. The highest BCUT2D eigenvalue weighted by molar-refractivity contribution is 5.76. The van der Waals surface area contributed by atoms with Crippen molar-refractivity contribution in [3.05, 3.63) is 59.9 Å². The molecule has 5 aliphatic rings. The lowest BCUT2D eigenvalue weighted by atomic mass is 9.53. The highest BCUT2D eigenvalue weighted by Crippen LogP contribution is 2.55. The van der Waals surface area contributed by atoms with Gasteiger partial charge >= 0.3 is 6.03 Å². The molecule has 2 aromatic rings. The maximum atomic E-state index is 13.5. The van der Waals surface area contributed by atoms with Crippen LogP contribution in [0.5, 0.6) is 0 Å². The Hall–Kier alpha value is -2.23. The van der Waals surface area contributed by atoms with E-state index in [9.17, 15) is 4.79 Å². The summed E-state index contributed by atoms with van der Waals surface area (Å²) in [5, 5.41) is 3.61. The second-order valence-corrected chi connectivity index (χ2v) is 10.6. The zero-order chi connectivity index (χ0) is 20.1. The molecule has 0 atom stereocenters. The summed E-state index contributed by atoms with van der Waals surface area (Å²) in [4.78, 5) is 15.6. The van der Waals surface area contributed by atoms with E-state index >= 15 is 0 Å². The van der Waals surface area contributed by atoms with Crippen molar-refractivity contribution >= 4 is 6.03 Å². The third kappa shape index (κ3) is 3.55. The van der Waals surface area contributed by atoms with Crippen LogP contribution >= 0.6 is 0 Å². The fourth-order valence-electron chi connectivity index (χ4n) is 7.02. The Morgan fingerprint density at radius 3 is 2.27 bits per heavy atom. The number of aromatic nitrogens is 1. The van der Waals surface area contributed by atoms with Gasteiger partial charge in [0.05, 0.1) is 6.54 Å². The summed E-state index contributed by atoms with van der Waals surface area (Å²) in [6, 6.07) is 15.5. The van der Waals surface area contributed by atoms with E-state index in [0.29, 0.717) is 12.6 Å². The molecular formula is C26H33N3O. The molecule has 0 spiro atoms. The molecule has 1 heterocycles. The van der Waals surface area contributed by atoms with E-state index in [0.717, 1.165) is 37.1 Å². The van der Waals surface area contributed by atoms with Crippen molar-refractivity contribution in [3.8, 4) is 0 Å². The Morgan fingerprint density at radius 1 is 0.967 bits per heavy atom. The molecule has 7 rings (SSSR count). The van der Waals surface area contributed by atoms with Gasteiger partial charge in [0.2, 0.25) is 0 Å². The third-order valence-corrected chi connectivity index (χ3v) is 8.11. The molecule has 1 aromatic heterocycles. The van der Waals surface area contributed by atoms with Gasteiger partial charge in [-0.05, 0) is 86.8 Å². The SMILES string of the molecule is O=C(NC12CC3CC(CC(C3)C1)C2)N(Cc1cccn1Cc1ccccc1)C1CC1. The number of carbonyl (C=O) groups is 1. The van der Waals surface area contributed by atoms with Gasteiger partial charge in [-0.2, -0.15) is 0 Å². The van der Waals surface area contributed by atoms with E-state index in [1.807, 2.05) is 0 Å². The smallest absolute Gasteiger partial charge is 0.318 e. The average Bonchev–Trinajstić information content (AvgIpc) is 3.46. The van der Waals surface area contributed by atoms with Crippen LogP contribution in [-0.2, 0) is 13.1 Å². The minimum absolute atomic E-state index is 0.0883. The van der Waals surface area contributed by atoms with Gasteiger partial charge in [0.15, 0.2) is 0 Å². The molecule has 0 radical (unpaired) electrons. The highest BCUT2D eigenvalue weighted by atomic mass is 16.2. The predicted molar refractivity (Wildman–Crippen MR) is 118 cm³/mol. The van der Waals surface area contributed by atoms with Crippen molar-refractivity contribution in [2.45, 2.75) is 76.0 Å². The predicted octanol–water partition coefficient (Wildman–Crippen LogP) is 5.18. The van der Waals surface area contributed by atoms with Crippen molar-refractivity contribution in [2.75, 3.05) is 0 Å². The lowest BCUT2D eigenvalue weighted by Crippen LogP contribution is -2.62. The van der Waals surface area contributed by atoms with Gasteiger partial charge in [-0.15, -0.1) is 0 Å². The molecule has 4 nitrogen and oxygen atoms in total. The molecule has 0 aliphatic heterocycles. The van der Waals surface area contributed by atoms with Gasteiger partial charge in [-0.1, -0.05) is 30.3 Å². The van der Waals surface area contributed by atoms with Gasteiger partial charge in [0.1, 0.15) is 0 Å². The van der Waals surface area contributed by atoms with Gasteiger partial charge in [-0.25, -0.2) is 4.79 Å². The summed E-state index contributed by atoms with van der Waals surface area (Å²) in [6.07, 6.45) is 12.3. The molecule has 1 aromatic carbocycles. The Morgan fingerprint density at radius 2 is 1.63 bits per heavy atom. The standard InChI is InChI=1S/C26H33N3O/c30-25(27-26-14-20-11-21(15-26)13-22(12-20)16-26)29(23-8-9-23)18-24-7-4-10-28(24)17-19-5-2-1-3-6-19/h1-7,10,20-23H,8-9,11-18H2,(H,27,30). The summed E-state index contributed by atoms with van der Waals surface area (Å²) < 4.78 is 2.29. The molecule has 5 fully saturated rings. The fraction of sp³-hybridized carbons (Fsp3) is 0.577. The zero-order valence-corrected chi connectivity index (χ0v) is 17.8. The van der Waals surface area contributed by atoms with Crippen molar-refractivity contribution in [2.24, 2.45) is 17.8 Å². The number of urea groups is 1. The Kier molecular flexibility index (Phi) is 4.43. The summed E-state index contributed by atoms with van der Waals surface area (Å²) in [5.74, 6) is 2.57. The van der Waals surface area contributed by atoms with E-state index < -0.39 is 0 Å². The zero-order valence-electron chi connectivity index (χ0n) is 17.8. The molecule has 30 heavy (non-hydrogen) atoms. The number of nitrogens with one attached hydrogen (secondary N) is 1. The highest BCUT2D eigenvalue weighted by Gasteiger charge is 2.52. The largest absolute Gasteiger partial charge is 0.345 e. The van der Waals surface area contributed by atoms with Crippen LogP contribution in [0.4, 0.5) is 4.79 Å². The van der Waals surface area contributed by atoms with E-state index in [4.69, 9.17) is 0 Å². The monoisotopic (exact) mass is 403 g/mol. The normalized spacial score (nSPS) is 31.7. The van der Waals surface area contributed by atoms with Crippen molar-refractivity contribution in [1.82, 2.24) is 14.8 Å². The van der Waals surface area contributed by atoms with Crippen LogP contribution in [0, 0.1) is 17.8 Å². The van der Waals surface area contributed by atoms with Gasteiger partial charge in [0.25, 0.3) is 0 Å². The first kappa shape index (κ1) is 18.5. The molecule has 1 N–H and O–H groups in total. The van der Waals surface area contributed by atoms with Crippen LogP contribution in [0.3, 0.4) is 0 Å². The molecule has 0 saturated heterocycles. The van der Waals surface area contributed by atoms with Crippen LogP contribution in [0.1, 0.15) is 62.6 Å². The first-order valence-electron chi connectivity index (χ1n) is 11.9. The van der Waals surface area contributed by atoms with Gasteiger partial charge in [-0.3, -0.25) is 0 Å². The summed E-state index contributed by atoms with van der Waals surface area (Å²) >= 11 is 0. The Labute approximate surface area is 179 Å². The van der Waals surface area contributed by atoms with Crippen molar-refractivity contribution in [3.63, 3.8) is 0 Å². The van der Waals surface area contributed by atoms with Crippen LogP contribution < -0.4 is 5.32 Å². The summed E-state index contributed by atoms with van der Waals surface area (Å²) in [7, 11) is 0. The van der Waals surface area contributed by atoms with Crippen LogP contribution in [0.15, 0.2) is 48.7 Å². The topological polar surface area (TPSA) is 37.3 Å². The minimum atomic E-state index is 0.0883. The average molecular weight is 404 g/mol. The van der Waals surface area contributed by atoms with Crippen molar-refractivity contribution < 1.29 is 4.79 Å². The quantitative estimate of drug-likeness (QED) is 0.709.